The monoisotopic (exact) mass is 221 g/mol. The first-order valence-electron chi connectivity index (χ1n) is 5.73. The van der Waals surface area contributed by atoms with E-state index in [1.54, 1.807) is 0 Å². The number of aromatic amines is 1. The molecule has 4 heteroatoms. The second-order valence-corrected chi connectivity index (χ2v) is 4.75. The lowest BCUT2D eigenvalue weighted by Crippen LogP contribution is -2.37. The molecule has 4 nitrogen and oxygen atoms in total. The van der Waals surface area contributed by atoms with E-state index in [2.05, 4.69) is 30.4 Å². The van der Waals surface area contributed by atoms with Crippen LogP contribution >= 0.6 is 0 Å². The molecule has 16 heavy (non-hydrogen) atoms. The third-order valence-corrected chi connectivity index (χ3v) is 3.21. The van der Waals surface area contributed by atoms with Crippen molar-refractivity contribution in [2.24, 2.45) is 0 Å². The van der Waals surface area contributed by atoms with Crippen molar-refractivity contribution in [1.29, 1.82) is 0 Å². The van der Waals surface area contributed by atoms with Crippen LogP contribution in [-0.2, 0) is 13.0 Å². The average molecular weight is 221 g/mol. The van der Waals surface area contributed by atoms with Crippen LogP contribution < -0.4 is 5.56 Å². The minimum Gasteiger partial charge on any atom is -0.296 e. The average Bonchev–Trinajstić information content (AvgIpc) is 2.56. The number of hydrogen-bond acceptors (Lipinski definition) is 2. The number of hydrogen-bond donors (Lipinski definition) is 1. The fourth-order valence-corrected chi connectivity index (χ4v) is 2.23. The van der Waals surface area contributed by atoms with Crippen molar-refractivity contribution in [2.75, 3.05) is 6.54 Å². The van der Waals surface area contributed by atoms with Gasteiger partial charge in [-0.15, -0.1) is 0 Å². The minimum atomic E-state index is 0.0309. The molecule has 0 radical (unpaired) electrons. The highest BCUT2D eigenvalue weighted by molar-refractivity contribution is 5.41. The predicted octanol–water partition coefficient (Wildman–Crippen LogP) is 1.43. The van der Waals surface area contributed by atoms with Gasteiger partial charge in [-0.1, -0.05) is 6.58 Å². The first-order valence-corrected chi connectivity index (χ1v) is 5.73. The molecule has 0 atom stereocenters. The lowest BCUT2D eigenvalue weighted by molar-refractivity contribution is 0.201. The Bertz CT molecular complexity index is 467. The van der Waals surface area contributed by atoms with Gasteiger partial charge < -0.3 is 0 Å². The molecule has 0 aromatic carbocycles. The Balaban J connectivity index is 2.40. The highest BCUT2D eigenvalue weighted by Crippen LogP contribution is 2.19. The number of allylic oxidation sites excluding steroid dienone is 1. The quantitative estimate of drug-likeness (QED) is 0.821. The fraction of sp³-hybridized carbons (Fsp3) is 0.583. The molecule has 1 aliphatic heterocycles. The van der Waals surface area contributed by atoms with Gasteiger partial charge in [-0.3, -0.25) is 19.5 Å². The predicted molar refractivity (Wildman–Crippen MR) is 65.3 cm³/mol. The van der Waals surface area contributed by atoms with E-state index in [1.165, 1.54) is 0 Å². The zero-order valence-electron chi connectivity index (χ0n) is 10.2. The Kier molecular flexibility index (Phi) is 2.76. The zero-order chi connectivity index (χ0) is 11.9. The van der Waals surface area contributed by atoms with Crippen LogP contribution in [0, 0.1) is 0 Å². The number of aromatic nitrogens is 2. The summed E-state index contributed by atoms with van der Waals surface area (Å²) in [4.78, 5) is 14.1. The smallest absolute Gasteiger partial charge is 0.269 e. The summed E-state index contributed by atoms with van der Waals surface area (Å²) in [6, 6.07) is 0.487. The van der Waals surface area contributed by atoms with Gasteiger partial charge in [0.1, 0.15) is 0 Å². The molecule has 0 spiro atoms. The Labute approximate surface area is 95.5 Å². The summed E-state index contributed by atoms with van der Waals surface area (Å²) in [6.07, 6.45) is 0.916. The van der Waals surface area contributed by atoms with E-state index in [9.17, 15) is 4.79 Å². The summed E-state index contributed by atoms with van der Waals surface area (Å²) in [5.74, 6) is 0. The van der Waals surface area contributed by atoms with Gasteiger partial charge in [-0.2, -0.15) is 0 Å². The molecule has 0 fully saturated rings. The molecule has 0 aliphatic carbocycles. The van der Waals surface area contributed by atoms with Crippen molar-refractivity contribution in [2.45, 2.75) is 39.8 Å². The van der Waals surface area contributed by atoms with Crippen LogP contribution in [0.2, 0.25) is 0 Å². The summed E-state index contributed by atoms with van der Waals surface area (Å²) >= 11 is 0. The molecule has 88 valence electrons. The van der Waals surface area contributed by atoms with Crippen molar-refractivity contribution in [1.82, 2.24) is 14.7 Å². The number of rotatable bonds is 2. The van der Waals surface area contributed by atoms with Crippen molar-refractivity contribution in [3.05, 3.63) is 28.2 Å². The molecule has 1 N–H and O–H groups in total. The molecule has 0 bridgehead atoms. The lowest BCUT2D eigenvalue weighted by atomic mass is 10.1. The Morgan fingerprint density at radius 1 is 1.50 bits per heavy atom. The standard InChI is InChI=1S/C12H19N3O/c1-8(2)14-6-5-11-10(7-14)12(16)13-15(11)9(3)4/h8H,3,5-7H2,1-2,4H3,(H,13,16). The van der Waals surface area contributed by atoms with Gasteiger partial charge in [0.15, 0.2) is 0 Å². The first kappa shape index (κ1) is 11.2. The van der Waals surface area contributed by atoms with Crippen LogP contribution in [0.4, 0.5) is 0 Å². The summed E-state index contributed by atoms with van der Waals surface area (Å²) < 4.78 is 1.83. The maximum atomic E-state index is 11.8. The molecule has 0 saturated heterocycles. The summed E-state index contributed by atoms with van der Waals surface area (Å²) in [5, 5.41) is 2.85. The third-order valence-electron chi connectivity index (χ3n) is 3.21. The molecule has 2 rings (SSSR count). The SMILES string of the molecule is C=C(C)n1[nH]c(=O)c2c1CCN(C(C)C)C2. The van der Waals surface area contributed by atoms with E-state index in [1.807, 2.05) is 11.6 Å². The largest absolute Gasteiger partial charge is 0.296 e. The molecule has 0 unspecified atom stereocenters. The van der Waals surface area contributed by atoms with E-state index in [0.29, 0.717) is 6.04 Å². The maximum absolute atomic E-state index is 11.8. The van der Waals surface area contributed by atoms with Crippen LogP contribution in [0.25, 0.3) is 5.70 Å². The molecule has 2 heterocycles. The zero-order valence-corrected chi connectivity index (χ0v) is 10.2. The molecular formula is C12H19N3O. The van der Waals surface area contributed by atoms with E-state index >= 15 is 0 Å². The van der Waals surface area contributed by atoms with Crippen LogP contribution in [0.3, 0.4) is 0 Å². The highest BCUT2D eigenvalue weighted by Gasteiger charge is 2.24. The van der Waals surface area contributed by atoms with Crippen molar-refractivity contribution in [3.63, 3.8) is 0 Å². The van der Waals surface area contributed by atoms with Gasteiger partial charge in [-0.25, -0.2) is 0 Å². The minimum absolute atomic E-state index is 0.0309. The van der Waals surface area contributed by atoms with Crippen LogP contribution in [0.5, 0.6) is 0 Å². The van der Waals surface area contributed by atoms with E-state index in [0.717, 1.165) is 36.5 Å². The van der Waals surface area contributed by atoms with Crippen molar-refractivity contribution in [3.8, 4) is 0 Å². The Morgan fingerprint density at radius 3 is 2.75 bits per heavy atom. The molecular weight excluding hydrogens is 202 g/mol. The van der Waals surface area contributed by atoms with Gasteiger partial charge in [0.05, 0.1) is 11.3 Å². The number of nitrogens with zero attached hydrogens (tertiary/aromatic N) is 2. The van der Waals surface area contributed by atoms with Gasteiger partial charge in [0, 0.05) is 31.2 Å². The molecule has 0 saturated carbocycles. The summed E-state index contributed by atoms with van der Waals surface area (Å²) in [6.45, 7) is 11.9. The lowest BCUT2D eigenvalue weighted by Gasteiger charge is -2.30. The molecule has 1 aliphatic rings. The summed E-state index contributed by atoms with van der Waals surface area (Å²) in [7, 11) is 0. The first-order chi connectivity index (χ1) is 7.50. The normalized spacial score (nSPS) is 16.5. The molecule has 0 amide bonds. The van der Waals surface area contributed by atoms with Crippen molar-refractivity contribution >= 4 is 5.70 Å². The fourth-order valence-electron chi connectivity index (χ4n) is 2.23. The topological polar surface area (TPSA) is 41.0 Å². The Morgan fingerprint density at radius 2 is 2.19 bits per heavy atom. The van der Waals surface area contributed by atoms with E-state index < -0.39 is 0 Å². The van der Waals surface area contributed by atoms with E-state index in [4.69, 9.17) is 0 Å². The molecule has 1 aromatic rings. The number of H-pyrrole nitrogens is 1. The second kappa shape index (κ2) is 3.94. The highest BCUT2D eigenvalue weighted by atomic mass is 16.1. The second-order valence-electron chi connectivity index (χ2n) is 4.75. The van der Waals surface area contributed by atoms with Crippen LogP contribution in [-0.4, -0.2) is 27.3 Å². The van der Waals surface area contributed by atoms with Gasteiger partial charge in [-0.05, 0) is 20.8 Å². The number of fused-ring (bicyclic) bond motifs is 1. The van der Waals surface area contributed by atoms with E-state index in [-0.39, 0.29) is 5.56 Å². The Hall–Kier alpha value is -1.29. The number of nitrogens with one attached hydrogen (secondary N) is 1. The molecule has 1 aromatic heterocycles. The van der Waals surface area contributed by atoms with Gasteiger partial charge in [0.2, 0.25) is 0 Å². The van der Waals surface area contributed by atoms with Gasteiger partial charge in [0.25, 0.3) is 5.56 Å². The van der Waals surface area contributed by atoms with Crippen LogP contribution in [0.1, 0.15) is 32.0 Å². The van der Waals surface area contributed by atoms with Gasteiger partial charge >= 0.3 is 0 Å². The van der Waals surface area contributed by atoms with Crippen LogP contribution in [0.15, 0.2) is 11.4 Å². The van der Waals surface area contributed by atoms with Crippen molar-refractivity contribution < 1.29 is 0 Å². The maximum Gasteiger partial charge on any atom is 0.269 e. The third kappa shape index (κ3) is 1.73. The summed E-state index contributed by atoms with van der Waals surface area (Å²) in [5.41, 5.74) is 2.91.